The fourth-order valence-electron chi connectivity index (χ4n) is 2.47. The van der Waals surface area contributed by atoms with Crippen LogP contribution in [0.2, 0.25) is 5.02 Å². The maximum atomic E-state index is 14.2. The Kier molecular flexibility index (Phi) is 4.56. The fraction of sp³-hybridized carbons (Fsp3) is 0.0556. The molecule has 6 heteroatoms. The second-order valence-corrected chi connectivity index (χ2v) is 6.27. The number of ketones is 1. The highest BCUT2D eigenvalue weighted by atomic mass is 79.9. The van der Waals surface area contributed by atoms with Crippen molar-refractivity contribution < 1.29 is 18.3 Å². The Bertz CT molecular complexity index is 973. The van der Waals surface area contributed by atoms with E-state index in [2.05, 4.69) is 15.9 Å². The van der Waals surface area contributed by atoms with Crippen LogP contribution in [0.4, 0.5) is 8.78 Å². The molecule has 24 heavy (non-hydrogen) atoms. The van der Waals surface area contributed by atoms with Gasteiger partial charge in [-0.1, -0.05) is 51.8 Å². The zero-order chi connectivity index (χ0) is 17.4. The van der Waals surface area contributed by atoms with E-state index in [1.165, 1.54) is 25.3 Å². The molecule has 0 aliphatic carbocycles. The Labute approximate surface area is 150 Å². The quantitative estimate of drug-likeness (QED) is 0.511. The third kappa shape index (κ3) is 2.68. The minimum absolute atomic E-state index is 0.0886. The van der Waals surface area contributed by atoms with Crippen molar-refractivity contribution in [3.05, 3.63) is 74.7 Å². The van der Waals surface area contributed by atoms with Gasteiger partial charge in [-0.3, -0.25) is 4.79 Å². The van der Waals surface area contributed by atoms with E-state index in [-0.39, 0.29) is 16.3 Å². The molecule has 0 aliphatic rings. The maximum Gasteiger partial charge on any atom is 0.201 e. The van der Waals surface area contributed by atoms with Gasteiger partial charge < -0.3 is 4.74 Å². The number of ether oxygens (including phenoxy) is 1. The first-order valence-electron chi connectivity index (χ1n) is 6.89. The van der Waals surface area contributed by atoms with Gasteiger partial charge in [-0.2, -0.15) is 4.39 Å². The monoisotopic (exact) mass is 410 g/mol. The first-order chi connectivity index (χ1) is 11.5. The maximum absolute atomic E-state index is 14.2. The first-order valence-corrected chi connectivity index (χ1v) is 8.06. The Morgan fingerprint density at radius 3 is 2.38 bits per heavy atom. The molecule has 0 saturated carbocycles. The van der Waals surface area contributed by atoms with E-state index in [1.54, 1.807) is 12.1 Å². The van der Waals surface area contributed by atoms with Crippen molar-refractivity contribution in [3.8, 4) is 5.75 Å². The van der Waals surface area contributed by atoms with Gasteiger partial charge in [-0.15, -0.1) is 0 Å². The zero-order valence-electron chi connectivity index (χ0n) is 12.4. The molecule has 0 unspecified atom stereocenters. The molecule has 3 rings (SSSR count). The zero-order valence-corrected chi connectivity index (χ0v) is 14.7. The summed E-state index contributed by atoms with van der Waals surface area (Å²) < 4.78 is 33.4. The smallest absolute Gasteiger partial charge is 0.201 e. The fourth-order valence-corrected chi connectivity index (χ4v) is 3.35. The molecule has 0 N–H and O–H groups in total. The summed E-state index contributed by atoms with van der Waals surface area (Å²) in [6.07, 6.45) is 0. The van der Waals surface area contributed by atoms with Gasteiger partial charge in [0.05, 0.1) is 17.7 Å². The Morgan fingerprint density at radius 1 is 1.04 bits per heavy atom. The van der Waals surface area contributed by atoms with Gasteiger partial charge >= 0.3 is 0 Å². The number of fused-ring (bicyclic) bond motifs is 1. The number of hydrogen-bond acceptors (Lipinski definition) is 2. The average Bonchev–Trinajstić information content (AvgIpc) is 2.60. The molecule has 3 aromatic rings. The van der Waals surface area contributed by atoms with Gasteiger partial charge in [0, 0.05) is 15.4 Å². The van der Waals surface area contributed by atoms with Crippen molar-refractivity contribution in [1.29, 1.82) is 0 Å². The van der Waals surface area contributed by atoms with E-state index < -0.39 is 23.0 Å². The van der Waals surface area contributed by atoms with Crippen molar-refractivity contribution >= 4 is 44.1 Å². The molecule has 0 aliphatic heterocycles. The van der Waals surface area contributed by atoms with Gasteiger partial charge in [0.2, 0.25) is 5.82 Å². The van der Waals surface area contributed by atoms with E-state index in [1.807, 2.05) is 12.1 Å². The molecule has 0 fully saturated rings. The van der Waals surface area contributed by atoms with Gasteiger partial charge in [0.15, 0.2) is 17.3 Å². The molecule has 0 aromatic heterocycles. The number of halogens is 4. The molecule has 122 valence electrons. The molecule has 0 atom stereocenters. The summed E-state index contributed by atoms with van der Waals surface area (Å²) in [7, 11) is 1.22. The van der Waals surface area contributed by atoms with Gasteiger partial charge in [0.1, 0.15) is 0 Å². The van der Waals surface area contributed by atoms with Crippen LogP contribution in [0, 0.1) is 11.6 Å². The lowest BCUT2D eigenvalue weighted by Crippen LogP contribution is -2.08. The van der Waals surface area contributed by atoms with Crippen LogP contribution in [0.5, 0.6) is 5.75 Å². The summed E-state index contributed by atoms with van der Waals surface area (Å²) in [4.78, 5) is 12.7. The van der Waals surface area contributed by atoms with Gasteiger partial charge in [0.25, 0.3) is 0 Å². The second kappa shape index (κ2) is 6.49. The standard InChI is InChI=1S/C18H10BrClF2O2/c1-24-14-7-6-11(16(21)17(14)22)18(23)12-8-13(19)9-4-2-3-5-10(9)15(12)20/h2-8H,1H3. The second-order valence-electron chi connectivity index (χ2n) is 5.04. The van der Waals surface area contributed by atoms with Crippen LogP contribution in [0.25, 0.3) is 10.8 Å². The first kappa shape index (κ1) is 16.9. The molecule has 0 spiro atoms. The highest BCUT2D eigenvalue weighted by Crippen LogP contribution is 2.35. The van der Waals surface area contributed by atoms with Crippen molar-refractivity contribution in [2.75, 3.05) is 7.11 Å². The molecule has 0 saturated heterocycles. The summed E-state index contributed by atoms with van der Waals surface area (Å²) in [6.45, 7) is 0. The molecule has 0 amide bonds. The van der Waals surface area contributed by atoms with E-state index in [0.717, 1.165) is 5.39 Å². The van der Waals surface area contributed by atoms with Gasteiger partial charge in [-0.25, -0.2) is 4.39 Å². The summed E-state index contributed by atoms with van der Waals surface area (Å²) in [5.74, 6) is -3.45. The van der Waals surface area contributed by atoms with E-state index >= 15 is 0 Å². The third-order valence-electron chi connectivity index (χ3n) is 3.68. The predicted molar refractivity (Wildman–Crippen MR) is 93.0 cm³/mol. The largest absolute Gasteiger partial charge is 0.494 e. The highest BCUT2D eigenvalue weighted by molar-refractivity contribution is 9.10. The Hall–Kier alpha value is -1.98. The van der Waals surface area contributed by atoms with Crippen molar-refractivity contribution in [1.82, 2.24) is 0 Å². The number of hydrogen-bond donors (Lipinski definition) is 0. The Morgan fingerprint density at radius 2 is 1.71 bits per heavy atom. The third-order valence-corrected chi connectivity index (χ3v) is 4.75. The lowest BCUT2D eigenvalue weighted by atomic mass is 9.99. The predicted octanol–water partition coefficient (Wildman–Crippen LogP) is 5.77. The Balaban J connectivity index is 2.20. The topological polar surface area (TPSA) is 26.3 Å². The van der Waals surface area contributed by atoms with Crippen LogP contribution in [0.1, 0.15) is 15.9 Å². The summed E-state index contributed by atoms with van der Waals surface area (Å²) in [5, 5.41) is 1.65. The lowest BCUT2D eigenvalue weighted by Gasteiger charge is -2.11. The molecule has 3 aromatic carbocycles. The summed E-state index contributed by atoms with van der Waals surface area (Å²) >= 11 is 9.71. The minimum atomic E-state index is -1.26. The van der Waals surface area contributed by atoms with E-state index in [4.69, 9.17) is 16.3 Å². The molecular weight excluding hydrogens is 402 g/mol. The average molecular weight is 412 g/mol. The molecule has 0 heterocycles. The summed E-state index contributed by atoms with van der Waals surface area (Å²) in [5.41, 5.74) is -0.317. The van der Waals surface area contributed by atoms with E-state index in [9.17, 15) is 13.6 Å². The lowest BCUT2D eigenvalue weighted by molar-refractivity contribution is 0.103. The van der Waals surface area contributed by atoms with Crippen LogP contribution < -0.4 is 4.74 Å². The van der Waals surface area contributed by atoms with Crippen LogP contribution in [0.3, 0.4) is 0 Å². The number of methoxy groups -OCH3 is 1. The summed E-state index contributed by atoms with van der Waals surface area (Å²) in [6, 6.07) is 11.1. The van der Waals surface area contributed by atoms with E-state index in [0.29, 0.717) is 9.86 Å². The number of carbonyl (C=O) groups is 1. The minimum Gasteiger partial charge on any atom is -0.494 e. The van der Waals surface area contributed by atoms with Crippen LogP contribution in [0.15, 0.2) is 46.9 Å². The normalized spacial score (nSPS) is 10.9. The molecule has 2 nitrogen and oxygen atoms in total. The highest BCUT2D eigenvalue weighted by Gasteiger charge is 2.23. The van der Waals surface area contributed by atoms with Crippen molar-refractivity contribution in [2.45, 2.75) is 0 Å². The number of rotatable bonds is 3. The SMILES string of the molecule is COc1ccc(C(=O)c2cc(Br)c3ccccc3c2Cl)c(F)c1F. The van der Waals surface area contributed by atoms with Crippen molar-refractivity contribution in [2.24, 2.45) is 0 Å². The van der Waals surface area contributed by atoms with Crippen LogP contribution in [-0.4, -0.2) is 12.9 Å². The molecule has 0 radical (unpaired) electrons. The van der Waals surface area contributed by atoms with Gasteiger partial charge in [-0.05, 0) is 23.6 Å². The van der Waals surface area contributed by atoms with Crippen molar-refractivity contribution in [3.63, 3.8) is 0 Å². The van der Waals surface area contributed by atoms with Crippen LogP contribution in [-0.2, 0) is 0 Å². The number of benzene rings is 3. The number of carbonyl (C=O) groups excluding carboxylic acids is 1. The molecular formula is C18H10BrClF2O2. The van der Waals surface area contributed by atoms with Crippen LogP contribution >= 0.6 is 27.5 Å². The molecule has 0 bridgehead atoms.